The second-order valence-corrected chi connectivity index (χ2v) is 3.94. The fraction of sp³-hybridized carbons (Fsp3) is 0.143. The van der Waals surface area contributed by atoms with Crippen LogP contribution in [0.2, 0.25) is 0 Å². The van der Waals surface area contributed by atoms with Crippen molar-refractivity contribution in [3.8, 4) is 6.07 Å². The molecule has 0 unspecified atom stereocenters. The number of rotatable bonds is 3. The van der Waals surface area contributed by atoms with E-state index in [0.29, 0.717) is 0 Å². The summed E-state index contributed by atoms with van der Waals surface area (Å²) in [4.78, 5) is 20.9. The van der Waals surface area contributed by atoms with E-state index in [0.717, 1.165) is 10.5 Å². The van der Waals surface area contributed by atoms with E-state index >= 15 is 0 Å². The average Bonchev–Trinajstić information content (AvgIpc) is 2.52. The molecule has 1 aromatic carbocycles. The molecule has 0 bridgehead atoms. The molecular formula is C14H12N4O2. The van der Waals surface area contributed by atoms with Gasteiger partial charge in [-0.3, -0.25) is 4.90 Å². The van der Waals surface area contributed by atoms with Gasteiger partial charge < -0.3 is 4.74 Å². The van der Waals surface area contributed by atoms with Gasteiger partial charge in [-0.1, -0.05) is 30.3 Å². The average molecular weight is 268 g/mol. The number of hydrogen-bond donors (Lipinski definition) is 0. The third-order valence-corrected chi connectivity index (χ3v) is 2.58. The smallest absolute Gasteiger partial charge is 0.415 e. The van der Waals surface area contributed by atoms with Crippen LogP contribution in [0.3, 0.4) is 0 Å². The molecular weight excluding hydrogens is 256 g/mol. The minimum absolute atomic E-state index is 0.0756. The normalized spacial score (nSPS) is 9.60. The summed E-state index contributed by atoms with van der Waals surface area (Å²) in [7, 11) is 1.48. The van der Waals surface area contributed by atoms with E-state index in [4.69, 9.17) is 10.00 Å². The Balaban J connectivity index is 2.04. The number of carbonyl (C=O) groups is 1. The van der Waals surface area contributed by atoms with Gasteiger partial charge in [0.15, 0.2) is 11.5 Å². The number of amides is 1. The van der Waals surface area contributed by atoms with E-state index in [1.807, 2.05) is 36.4 Å². The largest absolute Gasteiger partial charge is 0.444 e. The first-order valence-corrected chi connectivity index (χ1v) is 5.88. The van der Waals surface area contributed by atoms with E-state index in [1.54, 1.807) is 0 Å². The van der Waals surface area contributed by atoms with Crippen LogP contribution < -0.4 is 4.90 Å². The number of anilines is 1. The number of benzene rings is 1. The highest BCUT2D eigenvalue weighted by molar-refractivity contribution is 5.86. The minimum atomic E-state index is -0.592. The summed E-state index contributed by atoms with van der Waals surface area (Å²) < 4.78 is 5.15. The molecule has 2 aromatic rings. The number of hydrogen-bond acceptors (Lipinski definition) is 5. The Morgan fingerprint density at radius 2 is 2.00 bits per heavy atom. The second kappa shape index (κ2) is 6.29. The topological polar surface area (TPSA) is 79.1 Å². The maximum Gasteiger partial charge on any atom is 0.415 e. The monoisotopic (exact) mass is 268 g/mol. The highest BCUT2D eigenvalue weighted by Gasteiger charge is 2.17. The Kier molecular flexibility index (Phi) is 4.24. The Hall–Kier alpha value is -2.94. The molecule has 1 heterocycles. The fourth-order valence-corrected chi connectivity index (χ4v) is 1.56. The van der Waals surface area contributed by atoms with Gasteiger partial charge in [0.2, 0.25) is 0 Å². The highest BCUT2D eigenvalue weighted by atomic mass is 16.6. The zero-order valence-electron chi connectivity index (χ0n) is 10.9. The molecule has 0 N–H and O–H groups in total. The fourth-order valence-electron chi connectivity index (χ4n) is 1.56. The molecule has 0 saturated heterocycles. The van der Waals surface area contributed by atoms with Crippen molar-refractivity contribution in [2.45, 2.75) is 6.61 Å². The molecule has 100 valence electrons. The SMILES string of the molecule is CN(C(=O)OCc1ccccc1)c1nccnc1C#N. The van der Waals surface area contributed by atoms with Crippen molar-refractivity contribution in [2.75, 3.05) is 11.9 Å². The molecule has 0 aliphatic carbocycles. The lowest BCUT2D eigenvalue weighted by Gasteiger charge is -2.16. The van der Waals surface area contributed by atoms with Gasteiger partial charge in [-0.05, 0) is 5.56 Å². The first-order valence-electron chi connectivity index (χ1n) is 5.88. The van der Waals surface area contributed by atoms with Crippen molar-refractivity contribution in [2.24, 2.45) is 0 Å². The van der Waals surface area contributed by atoms with Gasteiger partial charge in [0.1, 0.15) is 12.7 Å². The lowest BCUT2D eigenvalue weighted by molar-refractivity contribution is 0.148. The predicted molar refractivity (Wildman–Crippen MR) is 71.8 cm³/mol. The molecule has 0 fully saturated rings. The van der Waals surface area contributed by atoms with Crippen LogP contribution >= 0.6 is 0 Å². The first-order chi connectivity index (χ1) is 9.72. The maximum absolute atomic E-state index is 11.9. The van der Waals surface area contributed by atoms with E-state index in [2.05, 4.69) is 9.97 Å². The Morgan fingerprint density at radius 3 is 2.70 bits per heavy atom. The van der Waals surface area contributed by atoms with Crippen LogP contribution in [-0.2, 0) is 11.3 Å². The van der Waals surface area contributed by atoms with Gasteiger partial charge in [-0.2, -0.15) is 5.26 Å². The van der Waals surface area contributed by atoms with E-state index in [-0.39, 0.29) is 18.1 Å². The number of nitrogens with zero attached hydrogens (tertiary/aromatic N) is 4. The summed E-state index contributed by atoms with van der Waals surface area (Å²) in [5, 5.41) is 8.93. The zero-order chi connectivity index (χ0) is 14.4. The van der Waals surface area contributed by atoms with E-state index in [9.17, 15) is 4.79 Å². The highest BCUT2D eigenvalue weighted by Crippen LogP contribution is 2.13. The lowest BCUT2D eigenvalue weighted by atomic mass is 10.2. The first kappa shape index (κ1) is 13.5. The molecule has 6 heteroatoms. The Morgan fingerprint density at radius 1 is 1.30 bits per heavy atom. The van der Waals surface area contributed by atoms with Crippen molar-refractivity contribution in [3.63, 3.8) is 0 Å². The van der Waals surface area contributed by atoms with E-state index < -0.39 is 6.09 Å². The maximum atomic E-state index is 11.9. The molecule has 6 nitrogen and oxygen atoms in total. The van der Waals surface area contributed by atoms with Crippen LogP contribution in [0.15, 0.2) is 42.7 Å². The van der Waals surface area contributed by atoms with Gasteiger partial charge in [0.25, 0.3) is 0 Å². The van der Waals surface area contributed by atoms with Gasteiger partial charge in [-0.15, -0.1) is 0 Å². The molecule has 0 atom stereocenters. The number of nitriles is 1. The summed E-state index contributed by atoms with van der Waals surface area (Å²) in [5.74, 6) is 0.174. The van der Waals surface area contributed by atoms with Crippen LogP contribution in [0, 0.1) is 11.3 Å². The molecule has 1 aromatic heterocycles. The summed E-state index contributed by atoms with van der Waals surface area (Å²) >= 11 is 0. The molecule has 0 spiro atoms. The van der Waals surface area contributed by atoms with Crippen LogP contribution in [0.1, 0.15) is 11.3 Å². The van der Waals surface area contributed by atoms with Gasteiger partial charge in [0, 0.05) is 19.4 Å². The van der Waals surface area contributed by atoms with Gasteiger partial charge in [-0.25, -0.2) is 14.8 Å². The summed E-state index contributed by atoms with van der Waals surface area (Å²) in [5.41, 5.74) is 0.959. The minimum Gasteiger partial charge on any atom is -0.444 e. The van der Waals surface area contributed by atoms with Crippen molar-refractivity contribution in [1.29, 1.82) is 5.26 Å². The summed E-state index contributed by atoms with van der Waals surface area (Å²) in [6.45, 7) is 0.159. The molecule has 2 rings (SSSR count). The molecule has 0 radical (unpaired) electrons. The Labute approximate surface area is 116 Å². The number of carbonyl (C=O) groups excluding carboxylic acids is 1. The van der Waals surface area contributed by atoms with Gasteiger partial charge in [0.05, 0.1) is 0 Å². The molecule has 0 aliphatic heterocycles. The number of ether oxygens (including phenoxy) is 1. The van der Waals surface area contributed by atoms with Crippen LogP contribution in [0.25, 0.3) is 0 Å². The third kappa shape index (κ3) is 3.09. The van der Waals surface area contributed by atoms with E-state index in [1.165, 1.54) is 19.4 Å². The van der Waals surface area contributed by atoms with Crippen molar-refractivity contribution in [1.82, 2.24) is 9.97 Å². The van der Waals surface area contributed by atoms with Crippen molar-refractivity contribution in [3.05, 3.63) is 54.0 Å². The number of aromatic nitrogens is 2. The summed E-state index contributed by atoms with van der Waals surface area (Å²) in [6, 6.07) is 11.2. The zero-order valence-corrected chi connectivity index (χ0v) is 10.9. The van der Waals surface area contributed by atoms with Gasteiger partial charge >= 0.3 is 6.09 Å². The summed E-state index contributed by atoms with van der Waals surface area (Å²) in [6.07, 6.45) is 2.22. The lowest BCUT2D eigenvalue weighted by Crippen LogP contribution is -2.28. The van der Waals surface area contributed by atoms with Crippen molar-refractivity contribution >= 4 is 11.9 Å². The van der Waals surface area contributed by atoms with Crippen LogP contribution in [0.5, 0.6) is 0 Å². The van der Waals surface area contributed by atoms with Crippen molar-refractivity contribution < 1.29 is 9.53 Å². The second-order valence-electron chi connectivity index (χ2n) is 3.94. The van der Waals surface area contributed by atoms with Crippen LogP contribution in [0.4, 0.5) is 10.6 Å². The Bertz CT molecular complexity index is 637. The van der Waals surface area contributed by atoms with Crippen LogP contribution in [-0.4, -0.2) is 23.1 Å². The molecule has 1 amide bonds. The predicted octanol–water partition coefficient (Wildman–Crippen LogP) is 2.12. The third-order valence-electron chi connectivity index (χ3n) is 2.58. The molecule has 20 heavy (non-hydrogen) atoms. The molecule has 0 aliphatic rings. The molecule has 0 saturated carbocycles. The standard InChI is InChI=1S/C14H12N4O2/c1-18(13-12(9-15)16-7-8-17-13)14(19)20-10-11-5-3-2-4-6-11/h2-8H,10H2,1H3. The quantitative estimate of drug-likeness (QED) is 0.851.